The molecule has 0 saturated heterocycles. The van der Waals surface area contributed by atoms with E-state index in [1.807, 2.05) is 13.8 Å². The molecule has 2 heterocycles. The van der Waals surface area contributed by atoms with E-state index in [0.29, 0.717) is 47.3 Å². The Morgan fingerprint density at radius 3 is 2.53 bits per heavy atom. The van der Waals surface area contributed by atoms with Gasteiger partial charge in [0.2, 0.25) is 12.7 Å². The number of nitrogens with zero attached hydrogens (tertiary/aromatic N) is 1. The van der Waals surface area contributed by atoms with Crippen LogP contribution in [0.2, 0.25) is 0 Å². The van der Waals surface area contributed by atoms with Gasteiger partial charge in [-0.15, -0.1) is 0 Å². The summed E-state index contributed by atoms with van der Waals surface area (Å²) in [5, 5.41) is 0. The van der Waals surface area contributed by atoms with Crippen LogP contribution in [0.25, 0.3) is 6.08 Å². The van der Waals surface area contributed by atoms with Crippen LogP contribution in [0.1, 0.15) is 35.3 Å². The molecule has 0 saturated carbocycles. The topological polar surface area (TPSA) is 102 Å². The van der Waals surface area contributed by atoms with Gasteiger partial charge in [-0.05, 0) is 74.5 Å². The van der Waals surface area contributed by atoms with Gasteiger partial charge in [0.05, 0.1) is 18.8 Å². The van der Waals surface area contributed by atoms with E-state index in [0.717, 1.165) is 4.47 Å². The molecule has 194 valence electrons. The fraction of sp³-hybridized carbons (Fsp3) is 0.179. The number of carbonyl (C=O) groups is 2. The van der Waals surface area contributed by atoms with Crippen molar-refractivity contribution in [2.24, 2.45) is 4.99 Å². The second-order valence-corrected chi connectivity index (χ2v) is 8.92. The minimum absolute atomic E-state index is 0.0466. The molecule has 0 amide bonds. The number of esters is 2. The van der Waals surface area contributed by atoms with E-state index in [1.54, 1.807) is 54.6 Å². The zero-order chi connectivity index (χ0) is 26.6. The summed E-state index contributed by atoms with van der Waals surface area (Å²) in [6.45, 7) is 4.77. The molecule has 3 aromatic carbocycles. The Kier molecular flexibility index (Phi) is 7.32. The second-order valence-electron chi connectivity index (χ2n) is 8.00. The minimum atomic E-state index is -0.639. The van der Waals surface area contributed by atoms with Crippen LogP contribution in [-0.2, 0) is 9.53 Å². The molecule has 0 aromatic heterocycles. The zero-order valence-corrected chi connectivity index (χ0v) is 22.1. The van der Waals surface area contributed by atoms with E-state index >= 15 is 0 Å². The first kappa shape index (κ1) is 25.3. The molecule has 9 nitrogen and oxygen atoms in total. The number of hydrogen-bond donors (Lipinski definition) is 0. The molecule has 0 atom stereocenters. The number of cyclic esters (lactones) is 1. The number of rotatable bonds is 8. The molecule has 0 unspecified atom stereocenters. The molecule has 0 radical (unpaired) electrons. The third kappa shape index (κ3) is 5.35. The van der Waals surface area contributed by atoms with Crippen LogP contribution in [0.15, 0.2) is 69.8 Å². The van der Waals surface area contributed by atoms with Gasteiger partial charge in [-0.2, -0.15) is 0 Å². The van der Waals surface area contributed by atoms with Gasteiger partial charge in [0.1, 0.15) is 5.75 Å². The van der Waals surface area contributed by atoms with Crippen molar-refractivity contribution >= 4 is 39.8 Å². The molecule has 2 aliphatic heterocycles. The molecule has 0 bridgehead atoms. The highest BCUT2D eigenvalue weighted by molar-refractivity contribution is 9.10. The maximum atomic E-state index is 12.9. The minimum Gasteiger partial charge on any atom is -0.490 e. The van der Waals surface area contributed by atoms with Gasteiger partial charge >= 0.3 is 11.9 Å². The van der Waals surface area contributed by atoms with Crippen molar-refractivity contribution in [2.45, 2.75) is 13.8 Å². The fourth-order valence-electron chi connectivity index (χ4n) is 3.77. The smallest absolute Gasteiger partial charge is 0.363 e. The largest absolute Gasteiger partial charge is 0.490 e. The lowest BCUT2D eigenvalue weighted by molar-refractivity contribution is -0.129. The highest BCUT2D eigenvalue weighted by atomic mass is 79.9. The number of ether oxygens (including phenoxy) is 6. The molecular weight excluding hydrogens is 558 g/mol. The first-order valence-electron chi connectivity index (χ1n) is 11.8. The van der Waals surface area contributed by atoms with Crippen LogP contribution in [0.3, 0.4) is 0 Å². The summed E-state index contributed by atoms with van der Waals surface area (Å²) in [6, 6.07) is 15.0. The highest BCUT2D eigenvalue weighted by Gasteiger charge is 2.26. The predicted molar refractivity (Wildman–Crippen MR) is 141 cm³/mol. The van der Waals surface area contributed by atoms with Gasteiger partial charge in [0.15, 0.2) is 28.7 Å². The molecular formula is C28H22BrNO8. The Hall–Kier alpha value is -4.31. The van der Waals surface area contributed by atoms with Crippen LogP contribution >= 0.6 is 15.9 Å². The Bertz CT molecular complexity index is 1480. The van der Waals surface area contributed by atoms with Gasteiger partial charge < -0.3 is 28.4 Å². The molecule has 0 spiro atoms. The van der Waals surface area contributed by atoms with Gasteiger partial charge in [0, 0.05) is 15.6 Å². The molecule has 10 heteroatoms. The molecule has 3 aromatic rings. The van der Waals surface area contributed by atoms with Crippen molar-refractivity contribution in [1.82, 2.24) is 0 Å². The van der Waals surface area contributed by atoms with Gasteiger partial charge in [0.25, 0.3) is 0 Å². The van der Waals surface area contributed by atoms with Crippen molar-refractivity contribution in [3.63, 3.8) is 0 Å². The molecule has 38 heavy (non-hydrogen) atoms. The van der Waals surface area contributed by atoms with Crippen LogP contribution in [0.5, 0.6) is 28.7 Å². The SMILES string of the molecule is CCOc1ccc(C2=NC(=Cc3cc(Br)ccc3OC(=O)c3ccc4c(c3)OCO4)C(=O)O2)cc1OCC. The van der Waals surface area contributed by atoms with Gasteiger partial charge in [-0.1, -0.05) is 15.9 Å². The molecule has 0 N–H and O–H groups in total. The van der Waals surface area contributed by atoms with Crippen LogP contribution < -0.4 is 23.7 Å². The molecule has 2 aliphatic rings. The number of fused-ring (bicyclic) bond motifs is 1. The van der Waals surface area contributed by atoms with E-state index in [9.17, 15) is 9.59 Å². The highest BCUT2D eigenvalue weighted by Crippen LogP contribution is 2.34. The fourth-order valence-corrected chi connectivity index (χ4v) is 4.15. The summed E-state index contributed by atoms with van der Waals surface area (Å²) < 4.78 is 33.7. The van der Waals surface area contributed by atoms with Crippen LogP contribution in [-0.4, -0.2) is 37.8 Å². The lowest BCUT2D eigenvalue weighted by Crippen LogP contribution is -2.09. The Labute approximate surface area is 226 Å². The van der Waals surface area contributed by atoms with Crippen molar-refractivity contribution in [2.75, 3.05) is 20.0 Å². The third-order valence-electron chi connectivity index (χ3n) is 5.49. The Balaban J connectivity index is 1.42. The summed E-state index contributed by atoms with van der Waals surface area (Å²) >= 11 is 3.42. The lowest BCUT2D eigenvalue weighted by Gasteiger charge is -2.11. The average molecular weight is 580 g/mol. The van der Waals surface area contributed by atoms with E-state index in [-0.39, 0.29) is 29.7 Å². The third-order valence-corrected chi connectivity index (χ3v) is 5.98. The van der Waals surface area contributed by atoms with E-state index < -0.39 is 11.9 Å². The zero-order valence-electron chi connectivity index (χ0n) is 20.5. The quantitative estimate of drug-likeness (QED) is 0.195. The van der Waals surface area contributed by atoms with E-state index in [4.69, 9.17) is 28.4 Å². The molecule has 0 fully saturated rings. The standard InChI is InChI=1S/C28H22BrNO8/c1-3-33-22-8-5-16(13-24(22)34-4-2)26-30-20(28(32)38-26)12-18-11-19(29)7-10-21(18)37-27(31)17-6-9-23-25(14-17)36-15-35-23/h5-14H,3-4,15H2,1-2H3. The van der Waals surface area contributed by atoms with E-state index in [1.165, 1.54) is 6.08 Å². The molecule has 0 aliphatic carbocycles. The number of hydrogen-bond acceptors (Lipinski definition) is 9. The van der Waals surface area contributed by atoms with Crippen molar-refractivity contribution in [3.8, 4) is 28.7 Å². The number of carbonyl (C=O) groups excluding carboxylic acids is 2. The Morgan fingerprint density at radius 1 is 0.947 bits per heavy atom. The maximum Gasteiger partial charge on any atom is 0.363 e. The normalized spacial score (nSPS) is 14.8. The number of halogens is 1. The van der Waals surface area contributed by atoms with E-state index in [2.05, 4.69) is 20.9 Å². The number of benzene rings is 3. The summed E-state index contributed by atoms with van der Waals surface area (Å²) in [4.78, 5) is 29.9. The Morgan fingerprint density at radius 2 is 1.71 bits per heavy atom. The van der Waals surface area contributed by atoms with Gasteiger partial charge in [-0.25, -0.2) is 14.6 Å². The van der Waals surface area contributed by atoms with Crippen molar-refractivity contribution in [1.29, 1.82) is 0 Å². The van der Waals surface area contributed by atoms with Crippen LogP contribution in [0, 0.1) is 0 Å². The monoisotopic (exact) mass is 579 g/mol. The number of aliphatic imine (C=N–C) groups is 1. The first-order chi connectivity index (χ1) is 18.4. The summed E-state index contributed by atoms with van der Waals surface area (Å²) in [7, 11) is 0. The lowest BCUT2D eigenvalue weighted by atomic mass is 10.1. The second kappa shape index (κ2) is 11.0. The van der Waals surface area contributed by atoms with Gasteiger partial charge in [-0.3, -0.25) is 0 Å². The van der Waals surface area contributed by atoms with Crippen LogP contribution in [0.4, 0.5) is 0 Å². The first-order valence-corrected chi connectivity index (χ1v) is 12.6. The average Bonchev–Trinajstić information content (AvgIpc) is 3.53. The predicted octanol–water partition coefficient (Wildman–Crippen LogP) is 5.54. The summed E-state index contributed by atoms with van der Waals surface area (Å²) in [5.74, 6) is 1.26. The summed E-state index contributed by atoms with van der Waals surface area (Å²) in [6.07, 6.45) is 1.50. The van der Waals surface area contributed by atoms with Crippen molar-refractivity contribution < 1.29 is 38.0 Å². The maximum absolute atomic E-state index is 12.9. The molecule has 5 rings (SSSR count). The van der Waals surface area contributed by atoms with Crippen molar-refractivity contribution in [3.05, 3.63) is 81.5 Å². The summed E-state index contributed by atoms with van der Waals surface area (Å²) in [5.41, 5.74) is 1.34.